The summed E-state index contributed by atoms with van der Waals surface area (Å²) in [5.74, 6) is -0.0527. The standard InChI is InChI=1S/C11H16ClN3O.ClH/c1-15-7-8(12)5-10(15)11(16)14-9-3-2-4-13-6-9;/h5,7,9,13H,2-4,6H2,1H3,(H,14,16);1H. The van der Waals surface area contributed by atoms with Crippen LogP contribution in [0.4, 0.5) is 0 Å². The fourth-order valence-electron chi connectivity index (χ4n) is 1.98. The van der Waals surface area contributed by atoms with E-state index in [1.165, 1.54) is 0 Å². The molecule has 0 aliphatic carbocycles. The predicted octanol–water partition coefficient (Wildman–Crippen LogP) is 1.58. The van der Waals surface area contributed by atoms with Crippen LogP contribution in [0, 0.1) is 0 Å². The number of hydrogen-bond donors (Lipinski definition) is 2. The second kappa shape index (κ2) is 6.28. The van der Waals surface area contributed by atoms with Crippen molar-refractivity contribution in [3.63, 3.8) is 0 Å². The number of carbonyl (C=O) groups excluding carboxylic acids is 1. The minimum absolute atomic E-state index is 0. The van der Waals surface area contributed by atoms with Gasteiger partial charge in [0.2, 0.25) is 0 Å². The average Bonchev–Trinajstić information content (AvgIpc) is 2.59. The zero-order valence-electron chi connectivity index (χ0n) is 9.70. The second-order valence-electron chi connectivity index (χ2n) is 4.17. The lowest BCUT2D eigenvalue weighted by Gasteiger charge is -2.23. The van der Waals surface area contributed by atoms with Crippen molar-refractivity contribution in [1.82, 2.24) is 15.2 Å². The SMILES string of the molecule is Cl.Cn1cc(Cl)cc1C(=O)NC1CCCNC1. The van der Waals surface area contributed by atoms with E-state index in [1.807, 2.05) is 7.05 Å². The molecule has 1 aromatic rings. The minimum Gasteiger partial charge on any atom is -0.347 e. The van der Waals surface area contributed by atoms with Crippen LogP contribution in [0.2, 0.25) is 5.02 Å². The first-order valence-corrected chi connectivity index (χ1v) is 5.88. The number of nitrogens with one attached hydrogen (secondary N) is 2. The van der Waals surface area contributed by atoms with Crippen LogP contribution in [-0.4, -0.2) is 29.6 Å². The Kier molecular flexibility index (Phi) is 5.31. The quantitative estimate of drug-likeness (QED) is 0.862. The molecule has 1 aliphatic rings. The summed E-state index contributed by atoms with van der Waals surface area (Å²) in [6, 6.07) is 1.92. The fourth-order valence-corrected chi connectivity index (χ4v) is 2.23. The number of hydrogen-bond acceptors (Lipinski definition) is 2. The van der Waals surface area contributed by atoms with Crippen LogP contribution >= 0.6 is 24.0 Å². The number of aromatic nitrogens is 1. The third kappa shape index (κ3) is 3.63. The van der Waals surface area contributed by atoms with Crippen molar-refractivity contribution in [2.45, 2.75) is 18.9 Å². The van der Waals surface area contributed by atoms with E-state index in [4.69, 9.17) is 11.6 Å². The lowest BCUT2D eigenvalue weighted by molar-refractivity contribution is 0.0922. The maximum atomic E-state index is 11.9. The molecule has 2 rings (SSSR count). The Morgan fingerprint density at radius 3 is 2.94 bits per heavy atom. The molecule has 0 spiro atoms. The van der Waals surface area contributed by atoms with Crippen LogP contribution < -0.4 is 10.6 Å². The summed E-state index contributed by atoms with van der Waals surface area (Å²) in [5.41, 5.74) is 0.607. The number of halogens is 2. The molecule has 96 valence electrons. The highest BCUT2D eigenvalue weighted by atomic mass is 35.5. The highest BCUT2D eigenvalue weighted by Crippen LogP contribution is 2.13. The van der Waals surface area contributed by atoms with E-state index in [0.717, 1.165) is 25.9 Å². The summed E-state index contributed by atoms with van der Waals surface area (Å²) in [5, 5.41) is 6.86. The van der Waals surface area contributed by atoms with Gasteiger partial charge in [0.1, 0.15) is 5.69 Å². The molecule has 0 bridgehead atoms. The van der Waals surface area contributed by atoms with E-state index < -0.39 is 0 Å². The molecule has 2 heterocycles. The summed E-state index contributed by atoms with van der Waals surface area (Å²) in [6.45, 7) is 1.90. The topological polar surface area (TPSA) is 46.1 Å². The summed E-state index contributed by atoms with van der Waals surface area (Å²) in [7, 11) is 1.82. The van der Waals surface area contributed by atoms with Gasteiger partial charge in [-0.15, -0.1) is 12.4 Å². The van der Waals surface area contributed by atoms with Crippen LogP contribution in [0.15, 0.2) is 12.3 Å². The van der Waals surface area contributed by atoms with Crippen molar-refractivity contribution < 1.29 is 4.79 Å². The highest BCUT2D eigenvalue weighted by Gasteiger charge is 2.18. The van der Waals surface area contributed by atoms with Gasteiger partial charge in [0.05, 0.1) is 5.02 Å². The zero-order valence-corrected chi connectivity index (χ0v) is 11.3. The molecule has 1 aromatic heterocycles. The van der Waals surface area contributed by atoms with Crippen molar-refractivity contribution in [3.05, 3.63) is 23.0 Å². The first kappa shape index (κ1) is 14.4. The van der Waals surface area contributed by atoms with Crippen molar-refractivity contribution in [3.8, 4) is 0 Å². The molecule has 0 saturated carbocycles. The van der Waals surface area contributed by atoms with Crippen molar-refractivity contribution in [2.75, 3.05) is 13.1 Å². The smallest absolute Gasteiger partial charge is 0.268 e. The Balaban J connectivity index is 0.00000144. The third-order valence-corrected chi connectivity index (χ3v) is 3.04. The molecule has 6 heteroatoms. The third-order valence-electron chi connectivity index (χ3n) is 2.84. The van der Waals surface area contributed by atoms with E-state index in [1.54, 1.807) is 16.8 Å². The van der Waals surface area contributed by atoms with Crippen molar-refractivity contribution >= 4 is 29.9 Å². The van der Waals surface area contributed by atoms with Gasteiger partial charge in [0, 0.05) is 25.8 Å². The Morgan fingerprint density at radius 2 is 2.41 bits per heavy atom. The van der Waals surface area contributed by atoms with Gasteiger partial charge in [-0.25, -0.2) is 0 Å². The van der Waals surface area contributed by atoms with E-state index in [-0.39, 0.29) is 24.4 Å². The molecule has 1 unspecified atom stereocenters. The van der Waals surface area contributed by atoms with Crippen LogP contribution in [0.25, 0.3) is 0 Å². The number of amides is 1. The largest absolute Gasteiger partial charge is 0.347 e. The summed E-state index contributed by atoms with van der Waals surface area (Å²) in [6.07, 6.45) is 3.88. The molecule has 0 radical (unpaired) electrons. The normalized spacial score (nSPS) is 19.5. The maximum absolute atomic E-state index is 11.9. The molecule has 2 N–H and O–H groups in total. The molecule has 0 aromatic carbocycles. The number of aryl methyl sites for hydroxylation is 1. The average molecular weight is 278 g/mol. The van der Waals surface area contributed by atoms with Gasteiger partial charge >= 0.3 is 0 Å². The first-order valence-electron chi connectivity index (χ1n) is 5.50. The lowest BCUT2D eigenvalue weighted by Crippen LogP contribution is -2.45. The Hall–Kier alpha value is -0.710. The zero-order chi connectivity index (χ0) is 11.5. The van der Waals surface area contributed by atoms with Crippen molar-refractivity contribution in [1.29, 1.82) is 0 Å². The predicted molar refractivity (Wildman–Crippen MR) is 71.0 cm³/mol. The van der Waals surface area contributed by atoms with Crippen LogP contribution in [-0.2, 0) is 7.05 Å². The van der Waals surface area contributed by atoms with Gasteiger partial charge in [-0.1, -0.05) is 11.6 Å². The molecule has 1 amide bonds. The van der Waals surface area contributed by atoms with E-state index in [9.17, 15) is 4.79 Å². The number of carbonyl (C=O) groups is 1. The molecular formula is C11H17Cl2N3O. The molecular weight excluding hydrogens is 261 g/mol. The molecule has 1 atom stereocenters. The Bertz CT molecular complexity index is 386. The van der Waals surface area contributed by atoms with Gasteiger partial charge in [-0.3, -0.25) is 4.79 Å². The van der Waals surface area contributed by atoms with Crippen LogP contribution in [0.1, 0.15) is 23.3 Å². The van der Waals surface area contributed by atoms with Crippen molar-refractivity contribution in [2.24, 2.45) is 7.05 Å². The van der Waals surface area contributed by atoms with Gasteiger partial charge in [0.25, 0.3) is 5.91 Å². The summed E-state index contributed by atoms with van der Waals surface area (Å²) in [4.78, 5) is 11.9. The molecule has 4 nitrogen and oxygen atoms in total. The van der Waals surface area contributed by atoms with Crippen LogP contribution in [0.5, 0.6) is 0 Å². The van der Waals surface area contributed by atoms with E-state index >= 15 is 0 Å². The van der Waals surface area contributed by atoms with E-state index in [2.05, 4.69) is 10.6 Å². The van der Waals surface area contributed by atoms with Gasteiger partial charge in [-0.05, 0) is 25.5 Å². The summed E-state index contributed by atoms with van der Waals surface area (Å²) < 4.78 is 1.74. The molecule has 17 heavy (non-hydrogen) atoms. The fraction of sp³-hybridized carbons (Fsp3) is 0.545. The maximum Gasteiger partial charge on any atom is 0.268 e. The van der Waals surface area contributed by atoms with Gasteiger partial charge in [0.15, 0.2) is 0 Å². The monoisotopic (exact) mass is 277 g/mol. The molecule has 1 aliphatic heterocycles. The minimum atomic E-state index is -0.0527. The number of nitrogens with zero attached hydrogens (tertiary/aromatic N) is 1. The number of rotatable bonds is 2. The highest BCUT2D eigenvalue weighted by molar-refractivity contribution is 6.31. The van der Waals surface area contributed by atoms with Crippen LogP contribution in [0.3, 0.4) is 0 Å². The Morgan fingerprint density at radius 1 is 1.65 bits per heavy atom. The summed E-state index contributed by atoms with van der Waals surface area (Å²) >= 11 is 5.84. The van der Waals surface area contributed by atoms with E-state index in [0.29, 0.717) is 10.7 Å². The number of piperidine rings is 1. The lowest BCUT2D eigenvalue weighted by atomic mass is 10.1. The molecule has 1 saturated heterocycles. The molecule has 1 fully saturated rings. The van der Waals surface area contributed by atoms with Gasteiger partial charge < -0.3 is 15.2 Å². The first-order chi connectivity index (χ1) is 7.66. The van der Waals surface area contributed by atoms with Gasteiger partial charge in [-0.2, -0.15) is 0 Å². The second-order valence-corrected chi connectivity index (χ2v) is 4.61. The Labute approximate surface area is 112 Å².